The lowest BCUT2D eigenvalue weighted by molar-refractivity contribution is -0.353. The van der Waals surface area contributed by atoms with Crippen LogP contribution in [0.4, 0.5) is 11.4 Å². The number of nitrogen functional groups attached to an aromatic ring is 2. The molecule has 106 valence electrons. The second kappa shape index (κ2) is 7.16. The van der Waals surface area contributed by atoms with Crippen molar-refractivity contribution in [2.24, 2.45) is 0 Å². The molecule has 0 atom stereocenters. The zero-order chi connectivity index (χ0) is 14.2. The number of rotatable bonds is 7. The highest BCUT2D eigenvalue weighted by atomic mass is 17.3. The van der Waals surface area contributed by atoms with Crippen molar-refractivity contribution in [2.75, 3.05) is 11.5 Å². The van der Waals surface area contributed by atoms with Crippen molar-refractivity contribution in [3.63, 3.8) is 0 Å². The van der Waals surface area contributed by atoms with E-state index in [1.807, 2.05) is 0 Å². The Labute approximate surface area is 114 Å². The number of hydrogen-bond donors (Lipinski definition) is 4. The molecule has 0 aliphatic carbocycles. The van der Waals surface area contributed by atoms with E-state index in [0.29, 0.717) is 22.9 Å². The van der Waals surface area contributed by atoms with Gasteiger partial charge in [-0.15, -0.1) is 0 Å². The highest BCUT2D eigenvalue weighted by Crippen LogP contribution is 2.13. The standard InChI is InChI=1S/C12H14N4O4/c13-9-1-5-11(6-2-9)17-19-15-16-20-18-12-7-3-10(14)4-8-12/h1-8,15-16H,13-14H2. The molecular formula is C12H14N4O4. The Morgan fingerprint density at radius 2 is 0.950 bits per heavy atom. The lowest BCUT2D eigenvalue weighted by Crippen LogP contribution is -2.34. The third kappa shape index (κ3) is 4.63. The van der Waals surface area contributed by atoms with E-state index in [4.69, 9.17) is 21.2 Å². The average Bonchev–Trinajstić information content (AvgIpc) is 2.46. The van der Waals surface area contributed by atoms with Crippen molar-refractivity contribution in [3.05, 3.63) is 48.5 Å². The van der Waals surface area contributed by atoms with E-state index in [0.717, 1.165) is 0 Å². The van der Waals surface area contributed by atoms with Gasteiger partial charge in [0, 0.05) is 11.4 Å². The smallest absolute Gasteiger partial charge is 0.167 e. The molecule has 0 radical (unpaired) electrons. The maximum absolute atomic E-state index is 5.52. The minimum atomic E-state index is 0.466. The Hall–Kier alpha value is -2.52. The van der Waals surface area contributed by atoms with Gasteiger partial charge in [-0.1, -0.05) is 21.2 Å². The van der Waals surface area contributed by atoms with Crippen LogP contribution in [-0.4, -0.2) is 0 Å². The number of nitrogens with two attached hydrogens (primary N) is 2. The van der Waals surface area contributed by atoms with Crippen molar-refractivity contribution in [3.8, 4) is 11.5 Å². The Kier molecular flexibility index (Phi) is 4.98. The summed E-state index contributed by atoms with van der Waals surface area (Å²) in [5.41, 5.74) is 16.6. The maximum atomic E-state index is 5.52. The first kappa shape index (κ1) is 13.9. The summed E-state index contributed by atoms with van der Waals surface area (Å²) in [5.74, 6) is 0.931. The lowest BCUT2D eigenvalue weighted by atomic mass is 10.3. The maximum Gasteiger partial charge on any atom is 0.167 e. The van der Waals surface area contributed by atoms with Gasteiger partial charge in [0.05, 0.1) is 0 Å². The first-order valence-electron chi connectivity index (χ1n) is 5.62. The highest BCUT2D eigenvalue weighted by molar-refractivity contribution is 5.41. The largest absolute Gasteiger partial charge is 0.399 e. The SMILES string of the molecule is Nc1ccc(OONNOOc2ccc(N)cc2)cc1. The summed E-state index contributed by atoms with van der Waals surface area (Å²) >= 11 is 0. The fraction of sp³-hybridized carbons (Fsp3) is 0. The summed E-state index contributed by atoms with van der Waals surface area (Å²) < 4.78 is 0. The second-order valence-corrected chi connectivity index (χ2v) is 3.68. The van der Waals surface area contributed by atoms with E-state index in [2.05, 4.69) is 21.2 Å². The van der Waals surface area contributed by atoms with Crippen molar-refractivity contribution >= 4 is 11.4 Å². The number of hydrazine groups is 1. The Balaban J connectivity index is 1.57. The third-order valence-corrected chi connectivity index (χ3v) is 2.16. The van der Waals surface area contributed by atoms with Crippen molar-refractivity contribution in [2.45, 2.75) is 0 Å². The van der Waals surface area contributed by atoms with Crippen molar-refractivity contribution in [1.29, 1.82) is 0 Å². The molecule has 6 N–H and O–H groups in total. The van der Waals surface area contributed by atoms with Crippen LogP contribution >= 0.6 is 0 Å². The molecule has 2 aromatic rings. The van der Waals surface area contributed by atoms with Gasteiger partial charge in [0.25, 0.3) is 0 Å². The normalized spacial score (nSPS) is 10.2. The van der Waals surface area contributed by atoms with Crippen LogP contribution in [0.15, 0.2) is 48.5 Å². The molecule has 0 amide bonds. The Morgan fingerprint density at radius 1 is 0.600 bits per heavy atom. The zero-order valence-electron chi connectivity index (χ0n) is 10.4. The molecule has 0 unspecified atom stereocenters. The van der Waals surface area contributed by atoms with E-state index in [9.17, 15) is 0 Å². The summed E-state index contributed by atoms with van der Waals surface area (Å²) in [6.45, 7) is 0. The monoisotopic (exact) mass is 278 g/mol. The molecule has 20 heavy (non-hydrogen) atoms. The molecule has 0 aliphatic heterocycles. The molecule has 0 fully saturated rings. The minimum absolute atomic E-state index is 0.466. The molecule has 0 saturated carbocycles. The van der Waals surface area contributed by atoms with E-state index >= 15 is 0 Å². The van der Waals surface area contributed by atoms with Crippen LogP contribution in [-0.2, 0) is 9.98 Å². The minimum Gasteiger partial charge on any atom is -0.399 e. The van der Waals surface area contributed by atoms with Crippen LogP contribution in [0.5, 0.6) is 11.5 Å². The first-order chi connectivity index (χ1) is 9.74. The molecule has 2 aromatic carbocycles. The van der Waals surface area contributed by atoms with Crippen LogP contribution in [0, 0.1) is 0 Å². The van der Waals surface area contributed by atoms with Crippen molar-refractivity contribution in [1.82, 2.24) is 11.2 Å². The molecule has 0 saturated heterocycles. The summed E-state index contributed by atoms with van der Waals surface area (Å²) in [7, 11) is 0. The Morgan fingerprint density at radius 3 is 1.30 bits per heavy atom. The van der Waals surface area contributed by atoms with Gasteiger partial charge in [-0.05, 0) is 48.5 Å². The number of benzene rings is 2. The highest BCUT2D eigenvalue weighted by Gasteiger charge is 1.96. The first-order valence-corrected chi connectivity index (χ1v) is 5.62. The molecule has 0 heterocycles. The van der Waals surface area contributed by atoms with Gasteiger partial charge in [0.1, 0.15) is 0 Å². The Bertz CT molecular complexity index is 468. The summed E-state index contributed by atoms with van der Waals surface area (Å²) in [4.78, 5) is 18.9. The van der Waals surface area contributed by atoms with Gasteiger partial charge in [-0.3, -0.25) is 0 Å². The topological polar surface area (TPSA) is 113 Å². The summed E-state index contributed by atoms with van der Waals surface area (Å²) in [6, 6.07) is 13.3. The predicted molar refractivity (Wildman–Crippen MR) is 71.4 cm³/mol. The average molecular weight is 278 g/mol. The van der Waals surface area contributed by atoms with Crippen LogP contribution in [0.25, 0.3) is 0 Å². The lowest BCUT2D eigenvalue weighted by Gasteiger charge is -2.07. The van der Waals surface area contributed by atoms with Gasteiger partial charge in [0.2, 0.25) is 0 Å². The van der Waals surface area contributed by atoms with E-state index in [1.54, 1.807) is 48.5 Å². The molecule has 8 nitrogen and oxygen atoms in total. The van der Waals surface area contributed by atoms with Gasteiger partial charge in [-0.25, -0.2) is 0 Å². The summed E-state index contributed by atoms with van der Waals surface area (Å²) in [5, 5.41) is 0. The quantitative estimate of drug-likeness (QED) is 0.258. The van der Waals surface area contributed by atoms with E-state index in [-0.39, 0.29) is 0 Å². The van der Waals surface area contributed by atoms with Crippen molar-refractivity contribution < 1.29 is 19.8 Å². The molecule has 0 aliphatic rings. The van der Waals surface area contributed by atoms with Gasteiger partial charge in [-0.2, -0.15) is 0 Å². The van der Waals surface area contributed by atoms with Crippen LogP contribution in [0.1, 0.15) is 0 Å². The summed E-state index contributed by atoms with van der Waals surface area (Å²) in [6.07, 6.45) is 0. The fourth-order valence-electron chi connectivity index (χ4n) is 1.22. The number of anilines is 2. The number of hydrogen-bond acceptors (Lipinski definition) is 8. The van der Waals surface area contributed by atoms with Crippen LogP contribution in [0.3, 0.4) is 0 Å². The molecule has 2 rings (SSSR count). The van der Waals surface area contributed by atoms with Crippen LogP contribution in [0.2, 0.25) is 0 Å². The van der Waals surface area contributed by atoms with Gasteiger partial charge < -0.3 is 21.2 Å². The van der Waals surface area contributed by atoms with Crippen LogP contribution < -0.4 is 32.4 Å². The van der Waals surface area contributed by atoms with E-state index in [1.165, 1.54) is 0 Å². The van der Waals surface area contributed by atoms with E-state index < -0.39 is 0 Å². The van der Waals surface area contributed by atoms with Gasteiger partial charge >= 0.3 is 0 Å². The molecule has 0 aromatic heterocycles. The second-order valence-electron chi connectivity index (χ2n) is 3.68. The molecule has 8 heteroatoms. The zero-order valence-corrected chi connectivity index (χ0v) is 10.4. The predicted octanol–water partition coefficient (Wildman–Crippen LogP) is 1.10. The van der Waals surface area contributed by atoms with Gasteiger partial charge in [0.15, 0.2) is 11.5 Å². The fourth-order valence-corrected chi connectivity index (χ4v) is 1.22. The molecule has 0 bridgehead atoms. The number of nitrogens with one attached hydrogen (secondary N) is 2. The molecule has 0 spiro atoms. The molecular weight excluding hydrogens is 264 g/mol. The third-order valence-electron chi connectivity index (χ3n) is 2.16.